The predicted octanol–water partition coefficient (Wildman–Crippen LogP) is 5.90. The molecule has 0 spiro atoms. The normalized spacial score (nSPS) is 17.9. The van der Waals surface area contributed by atoms with Crippen molar-refractivity contribution in [2.24, 2.45) is 0 Å². The maximum atomic E-state index is 13.6. The lowest BCUT2D eigenvalue weighted by Gasteiger charge is -2.23. The number of ether oxygens (including phenoxy) is 2. The van der Waals surface area contributed by atoms with Crippen LogP contribution in [0.4, 0.5) is 10.1 Å². The highest BCUT2D eigenvalue weighted by Crippen LogP contribution is 2.40. The van der Waals surface area contributed by atoms with Crippen LogP contribution in [0.3, 0.4) is 0 Å². The highest BCUT2D eigenvalue weighted by Gasteiger charge is 2.42. The van der Waals surface area contributed by atoms with Gasteiger partial charge in [-0.05, 0) is 79.7 Å². The number of amides is 1. The smallest absolute Gasteiger partial charge is 0.258 e. The van der Waals surface area contributed by atoms with Crippen molar-refractivity contribution in [3.8, 4) is 22.7 Å². The Morgan fingerprint density at radius 3 is 2.26 bits per heavy atom. The second kappa shape index (κ2) is 9.04. The summed E-state index contributed by atoms with van der Waals surface area (Å²) >= 11 is 3.45. The van der Waals surface area contributed by atoms with Crippen LogP contribution in [0, 0.1) is 5.82 Å². The minimum absolute atomic E-state index is 0.156. The van der Waals surface area contributed by atoms with E-state index in [0.29, 0.717) is 22.7 Å². The molecule has 4 aromatic rings. The maximum Gasteiger partial charge on any atom is 0.258 e. The number of nitrogens with zero attached hydrogens (tertiary/aromatic N) is 3. The van der Waals surface area contributed by atoms with Crippen LogP contribution >= 0.6 is 15.9 Å². The molecule has 0 aliphatic carbocycles. The van der Waals surface area contributed by atoms with E-state index >= 15 is 0 Å². The van der Waals surface area contributed by atoms with E-state index in [9.17, 15) is 9.18 Å². The van der Waals surface area contributed by atoms with Crippen LogP contribution in [0.15, 0.2) is 83.5 Å². The number of carbonyl (C=O) groups excluding carboxylic acids is 1. The molecule has 0 N–H and O–H groups in total. The summed E-state index contributed by atoms with van der Waals surface area (Å²) in [5.41, 5.74) is 3.54. The van der Waals surface area contributed by atoms with Crippen LogP contribution in [0.5, 0.6) is 5.75 Å². The van der Waals surface area contributed by atoms with E-state index in [0.717, 1.165) is 15.7 Å². The van der Waals surface area contributed by atoms with Gasteiger partial charge in [0.25, 0.3) is 5.91 Å². The topological polar surface area (TPSA) is 56.6 Å². The van der Waals surface area contributed by atoms with Gasteiger partial charge in [-0.15, -0.1) is 0 Å². The molecular formula is C26H21BrFN3O3. The van der Waals surface area contributed by atoms with Gasteiger partial charge in [0.2, 0.25) is 0 Å². The van der Waals surface area contributed by atoms with Crippen molar-refractivity contribution in [2.45, 2.75) is 19.3 Å². The first kappa shape index (κ1) is 22.3. The predicted molar refractivity (Wildman–Crippen MR) is 130 cm³/mol. The maximum absolute atomic E-state index is 13.6. The fourth-order valence-corrected chi connectivity index (χ4v) is 4.23. The van der Waals surface area contributed by atoms with Crippen LogP contribution in [-0.2, 0) is 9.53 Å². The molecule has 1 aliphatic heterocycles. The largest absolute Gasteiger partial charge is 0.497 e. The second-order valence-corrected chi connectivity index (χ2v) is 8.81. The highest BCUT2D eigenvalue weighted by molar-refractivity contribution is 9.10. The summed E-state index contributed by atoms with van der Waals surface area (Å²) in [6.07, 6.45) is 0.512. The first-order valence-electron chi connectivity index (χ1n) is 10.7. The Hall–Kier alpha value is -3.49. The fraction of sp³-hybridized carbons (Fsp3) is 0.154. The van der Waals surface area contributed by atoms with Crippen LogP contribution in [-0.4, -0.2) is 28.9 Å². The third-order valence-electron chi connectivity index (χ3n) is 5.72. The summed E-state index contributed by atoms with van der Waals surface area (Å²) < 4.78 is 27.7. The molecule has 5 rings (SSSR count). The van der Waals surface area contributed by atoms with Gasteiger partial charge in [-0.3, -0.25) is 9.69 Å². The lowest BCUT2D eigenvalue weighted by atomic mass is 10.1. The minimum Gasteiger partial charge on any atom is -0.497 e. The van der Waals surface area contributed by atoms with E-state index in [1.807, 2.05) is 42.6 Å². The van der Waals surface area contributed by atoms with Crippen molar-refractivity contribution < 1.29 is 18.7 Å². The molecule has 1 saturated heterocycles. The number of halogens is 2. The van der Waals surface area contributed by atoms with E-state index in [1.165, 1.54) is 12.1 Å². The molecule has 8 heteroatoms. The summed E-state index contributed by atoms with van der Waals surface area (Å²) in [4.78, 5) is 14.8. The molecule has 1 aliphatic rings. The number of hydrogen-bond donors (Lipinski definition) is 0. The van der Waals surface area contributed by atoms with Crippen LogP contribution in [0.25, 0.3) is 16.9 Å². The zero-order valence-electron chi connectivity index (χ0n) is 18.5. The summed E-state index contributed by atoms with van der Waals surface area (Å²) in [5, 5.41) is 4.80. The summed E-state index contributed by atoms with van der Waals surface area (Å²) in [6, 6.07) is 21.1. The first-order valence-corrected chi connectivity index (χ1v) is 11.5. The van der Waals surface area contributed by atoms with Gasteiger partial charge in [0, 0.05) is 27.5 Å². The van der Waals surface area contributed by atoms with Crippen LogP contribution < -0.4 is 9.64 Å². The monoisotopic (exact) mass is 521 g/mol. The third-order valence-corrected chi connectivity index (χ3v) is 6.25. The van der Waals surface area contributed by atoms with Gasteiger partial charge in [-0.2, -0.15) is 5.10 Å². The number of hydrogen-bond acceptors (Lipinski definition) is 4. The van der Waals surface area contributed by atoms with E-state index in [2.05, 4.69) is 15.9 Å². The fourth-order valence-electron chi connectivity index (χ4n) is 3.97. The Kier molecular flexibility index (Phi) is 5.93. The summed E-state index contributed by atoms with van der Waals surface area (Å²) in [7, 11) is 1.59. The van der Waals surface area contributed by atoms with Gasteiger partial charge in [0.05, 0.1) is 12.8 Å². The molecule has 34 heavy (non-hydrogen) atoms. The van der Waals surface area contributed by atoms with Crippen molar-refractivity contribution in [1.29, 1.82) is 0 Å². The van der Waals surface area contributed by atoms with Crippen molar-refractivity contribution in [3.05, 3.63) is 94.8 Å². The number of rotatable bonds is 5. The SMILES string of the molecule is COc1ccc(N2C(=O)[C@@H](C)O[C@H]2c2cn(-c3ccc(Br)cc3)nc2-c2ccc(F)cc2)cc1. The third kappa shape index (κ3) is 4.10. The van der Waals surface area contributed by atoms with Crippen molar-refractivity contribution >= 4 is 27.5 Å². The number of aromatic nitrogens is 2. The van der Waals surface area contributed by atoms with Crippen LogP contribution in [0.1, 0.15) is 18.7 Å². The van der Waals surface area contributed by atoms with Crippen LogP contribution in [0.2, 0.25) is 0 Å². The average molecular weight is 522 g/mol. The molecule has 0 bridgehead atoms. The molecule has 0 radical (unpaired) electrons. The van der Waals surface area contributed by atoms with Gasteiger partial charge in [0.1, 0.15) is 23.4 Å². The van der Waals surface area contributed by atoms with Crippen molar-refractivity contribution in [1.82, 2.24) is 9.78 Å². The summed E-state index contributed by atoms with van der Waals surface area (Å²) in [5.74, 6) is 0.200. The Bertz CT molecular complexity index is 1320. The van der Waals surface area contributed by atoms with E-state index in [-0.39, 0.29) is 11.7 Å². The minimum atomic E-state index is -0.708. The first-order chi connectivity index (χ1) is 16.4. The Labute approximate surface area is 204 Å². The van der Waals surface area contributed by atoms with Crippen molar-refractivity contribution in [2.75, 3.05) is 12.0 Å². The molecule has 1 fully saturated rings. The number of anilines is 1. The van der Waals surface area contributed by atoms with Gasteiger partial charge >= 0.3 is 0 Å². The molecule has 1 aromatic heterocycles. The number of carbonyl (C=O) groups is 1. The molecule has 172 valence electrons. The Balaban J connectivity index is 1.64. The molecular weight excluding hydrogens is 501 g/mol. The zero-order valence-corrected chi connectivity index (χ0v) is 20.1. The van der Waals surface area contributed by atoms with Gasteiger partial charge in [0.15, 0.2) is 6.23 Å². The highest BCUT2D eigenvalue weighted by atomic mass is 79.9. The quantitative estimate of drug-likeness (QED) is 0.328. The zero-order chi connectivity index (χ0) is 23.8. The molecule has 1 amide bonds. The molecule has 0 saturated carbocycles. The molecule has 0 unspecified atom stereocenters. The number of methoxy groups -OCH3 is 1. The summed E-state index contributed by atoms with van der Waals surface area (Å²) in [6.45, 7) is 1.73. The molecule has 6 nitrogen and oxygen atoms in total. The van der Waals surface area contributed by atoms with E-state index in [4.69, 9.17) is 14.6 Å². The molecule has 3 aromatic carbocycles. The van der Waals surface area contributed by atoms with Gasteiger partial charge in [-0.25, -0.2) is 9.07 Å². The Morgan fingerprint density at radius 1 is 0.971 bits per heavy atom. The number of benzene rings is 3. The Morgan fingerprint density at radius 2 is 1.62 bits per heavy atom. The standard InChI is InChI=1S/C26H21BrFN3O3/c1-16-25(32)31(21-11-13-22(33-2)14-12-21)26(34-16)23-15-30(20-9-5-18(27)6-10-20)29-24(23)17-3-7-19(28)8-4-17/h3-16,26H,1-2H3/t16-,26+/m1/s1. The van der Waals surface area contributed by atoms with Crippen molar-refractivity contribution in [3.63, 3.8) is 0 Å². The molecule has 2 heterocycles. The van der Waals surface area contributed by atoms with E-state index in [1.54, 1.807) is 47.9 Å². The average Bonchev–Trinajstić information content (AvgIpc) is 3.41. The van der Waals surface area contributed by atoms with Gasteiger partial charge < -0.3 is 9.47 Å². The van der Waals surface area contributed by atoms with E-state index < -0.39 is 12.3 Å². The molecule has 2 atom stereocenters. The second-order valence-electron chi connectivity index (χ2n) is 7.90. The lowest BCUT2D eigenvalue weighted by Crippen LogP contribution is -2.30. The lowest BCUT2D eigenvalue weighted by molar-refractivity contribution is -0.121. The van der Waals surface area contributed by atoms with Gasteiger partial charge in [-0.1, -0.05) is 15.9 Å².